The Balaban J connectivity index is 2.13. The van der Waals surface area contributed by atoms with Crippen LogP contribution >= 0.6 is 11.3 Å². The van der Waals surface area contributed by atoms with Crippen molar-refractivity contribution in [2.45, 2.75) is 6.92 Å². The third-order valence-electron chi connectivity index (χ3n) is 2.97. The van der Waals surface area contributed by atoms with Crippen LogP contribution in [0.4, 0.5) is 5.69 Å². The molecule has 0 aliphatic rings. The normalized spacial score (nSPS) is 10.8. The number of para-hydroxylation sites is 1. The van der Waals surface area contributed by atoms with Gasteiger partial charge in [0.05, 0.1) is 5.52 Å². The van der Waals surface area contributed by atoms with Crippen molar-refractivity contribution in [3.05, 3.63) is 57.9 Å². The summed E-state index contributed by atoms with van der Waals surface area (Å²) in [7, 11) is 0. The number of hydrogen-bond acceptors (Lipinski definition) is 4. The molecule has 2 heterocycles. The van der Waals surface area contributed by atoms with E-state index in [9.17, 15) is 4.79 Å². The van der Waals surface area contributed by atoms with Crippen molar-refractivity contribution >= 4 is 33.7 Å². The Kier molecular flexibility index (Phi) is 2.80. The maximum atomic E-state index is 12.3. The first-order chi connectivity index (χ1) is 9.15. The lowest BCUT2D eigenvalue weighted by molar-refractivity contribution is 0.103. The van der Waals surface area contributed by atoms with Crippen LogP contribution in [0.1, 0.15) is 20.9 Å². The fraction of sp³-hybridized carbons (Fsp3) is 0.0667. The van der Waals surface area contributed by atoms with E-state index in [-0.39, 0.29) is 5.78 Å². The summed E-state index contributed by atoms with van der Waals surface area (Å²) in [4.78, 5) is 17.8. The molecule has 0 unspecified atom stereocenters. The molecule has 0 atom stereocenters. The average molecular weight is 268 g/mol. The lowest BCUT2D eigenvalue weighted by atomic mass is 10.1. The maximum Gasteiger partial charge on any atom is 0.212 e. The quantitative estimate of drug-likeness (QED) is 0.724. The van der Waals surface area contributed by atoms with Crippen molar-refractivity contribution in [2.24, 2.45) is 0 Å². The molecule has 0 fully saturated rings. The predicted octanol–water partition coefficient (Wildman–Crippen LogP) is 3.42. The number of carbonyl (C=O) groups excluding carboxylic acids is 1. The Bertz CT molecular complexity index is 777. The van der Waals surface area contributed by atoms with Crippen LogP contribution in [0.2, 0.25) is 0 Å². The van der Waals surface area contributed by atoms with Crippen molar-refractivity contribution in [3.63, 3.8) is 0 Å². The molecular formula is C15H12N2OS. The van der Waals surface area contributed by atoms with Crippen LogP contribution in [0.5, 0.6) is 0 Å². The first-order valence-electron chi connectivity index (χ1n) is 5.90. The number of anilines is 1. The van der Waals surface area contributed by atoms with E-state index in [0.29, 0.717) is 16.9 Å². The maximum absolute atomic E-state index is 12.3. The minimum Gasteiger partial charge on any atom is -0.398 e. The second kappa shape index (κ2) is 4.48. The summed E-state index contributed by atoms with van der Waals surface area (Å²) in [6.07, 6.45) is 0. The summed E-state index contributed by atoms with van der Waals surface area (Å²) >= 11 is 1.56. The molecule has 0 saturated carbocycles. The second-order valence-corrected chi connectivity index (χ2v) is 5.50. The van der Waals surface area contributed by atoms with Crippen LogP contribution in [0.15, 0.2) is 41.8 Å². The van der Waals surface area contributed by atoms with Crippen molar-refractivity contribution in [1.29, 1.82) is 0 Å². The molecule has 0 saturated heterocycles. The molecular weight excluding hydrogens is 256 g/mol. The SMILES string of the molecule is Cc1cc(C(=O)c2cc(N)c3ccccc3n2)cs1. The van der Waals surface area contributed by atoms with E-state index in [0.717, 1.165) is 15.8 Å². The van der Waals surface area contributed by atoms with Crippen LogP contribution in [0, 0.1) is 6.92 Å². The van der Waals surface area contributed by atoms with Gasteiger partial charge in [-0.15, -0.1) is 11.3 Å². The number of rotatable bonds is 2. The van der Waals surface area contributed by atoms with Crippen LogP contribution < -0.4 is 5.73 Å². The smallest absolute Gasteiger partial charge is 0.212 e. The molecule has 0 spiro atoms. The molecule has 1 aromatic carbocycles. The van der Waals surface area contributed by atoms with Gasteiger partial charge in [-0.25, -0.2) is 4.98 Å². The number of fused-ring (bicyclic) bond motifs is 1. The minimum absolute atomic E-state index is 0.0817. The first-order valence-corrected chi connectivity index (χ1v) is 6.78. The molecule has 19 heavy (non-hydrogen) atoms. The van der Waals surface area contributed by atoms with Crippen molar-refractivity contribution in [3.8, 4) is 0 Å². The summed E-state index contributed by atoms with van der Waals surface area (Å²) in [6.45, 7) is 1.98. The molecule has 0 aliphatic heterocycles. The molecule has 0 radical (unpaired) electrons. The molecule has 3 rings (SSSR count). The molecule has 3 aromatic rings. The number of nitrogens with zero attached hydrogens (tertiary/aromatic N) is 1. The zero-order chi connectivity index (χ0) is 13.4. The number of aromatic nitrogens is 1. The summed E-state index contributed by atoms with van der Waals surface area (Å²) in [6, 6.07) is 11.1. The molecule has 0 aliphatic carbocycles. The fourth-order valence-electron chi connectivity index (χ4n) is 2.03. The topological polar surface area (TPSA) is 56.0 Å². The highest BCUT2D eigenvalue weighted by molar-refractivity contribution is 7.10. The fourth-order valence-corrected chi connectivity index (χ4v) is 2.71. The first kappa shape index (κ1) is 11.9. The molecule has 2 aromatic heterocycles. The summed E-state index contributed by atoms with van der Waals surface area (Å²) in [5.74, 6) is -0.0817. The lowest BCUT2D eigenvalue weighted by Crippen LogP contribution is -2.04. The van der Waals surface area contributed by atoms with E-state index in [4.69, 9.17) is 5.73 Å². The highest BCUT2D eigenvalue weighted by atomic mass is 32.1. The molecule has 94 valence electrons. The van der Waals surface area contributed by atoms with Crippen molar-refractivity contribution < 1.29 is 4.79 Å². The predicted molar refractivity (Wildman–Crippen MR) is 78.6 cm³/mol. The van der Waals surface area contributed by atoms with Crippen molar-refractivity contribution in [1.82, 2.24) is 4.98 Å². The number of thiophene rings is 1. The van der Waals surface area contributed by atoms with E-state index in [1.165, 1.54) is 0 Å². The second-order valence-electron chi connectivity index (χ2n) is 4.39. The number of aryl methyl sites for hydroxylation is 1. The number of pyridine rings is 1. The van der Waals surface area contributed by atoms with Gasteiger partial charge in [-0.05, 0) is 25.1 Å². The highest BCUT2D eigenvalue weighted by Crippen LogP contribution is 2.23. The van der Waals surface area contributed by atoms with E-state index >= 15 is 0 Å². The lowest BCUT2D eigenvalue weighted by Gasteiger charge is -2.04. The van der Waals surface area contributed by atoms with Crippen LogP contribution in [0.3, 0.4) is 0 Å². The van der Waals surface area contributed by atoms with Gasteiger partial charge in [0.25, 0.3) is 0 Å². The van der Waals surface area contributed by atoms with Gasteiger partial charge < -0.3 is 5.73 Å². The number of nitrogen functional groups attached to an aromatic ring is 1. The molecule has 2 N–H and O–H groups in total. The average Bonchev–Trinajstić information content (AvgIpc) is 2.84. The number of ketones is 1. The summed E-state index contributed by atoms with van der Waals surface area (Å²) in [5.41, 5.74) is 8.39. The number of hydrogen-bond donors (Lipinski definition) is 1. The Morgan fingerprint density at radius 1 is 1.26 bits per heavy atom. The largest absolute Gasteiger partial charge is 0.398 e. The number of carbonyl (C=O) groups is 1. The van der Waals surface area contributed by atoms with Gasteiger partial charge in [0, 0.05) is 26.9 Å². The summed E-state index contributed by atoms with van der Waals surface area (Å²) in [5, 5.41) is 2.73. The Morgan fingerprint density at radius 3 is 2.79 bits per heavy atom. The third-order valence-corrected chi connectivity index (χ3v) is 3.83. The van der Waals surface area contributed by atoms with Gasteiger partial charge in [0.15, 0.2) is 0 Å². The van der Waals surface area contributed by atoms with E-state index in [2.05, 4.69) is 4.98 Å². The molecule has 4 heteroatoms. The van der Waals surface area contributed by atoms with Crippen molar-refractivity contribution in [2.75, 3.05) is 5.73 Å². The molecule has 3 nitrogen and oxygen atoms in total. The Labute approximate surface area is 114 Å². The van der Waals surface area contributed by atoms with E-state index < -0.39 is 0 Å². The van der Waals surface area contributed by atoms with E-state index in [1.54, 1.807) is 17.4 Å². The van der Waals surface area contributed by atoms with Gasteiger partial charge >= 0.3 is 0 Å². The molecule has 0 amide bonds. The van der Waals surface area contributed by atoms with Gasteiger partial charge in [-0.2, -0.15) is 0 Å². The van der Waals surface area contributed by atoms with Gasteiger partial charge in [-0.3, -0.25) is 4.79 Å². The standard InChI is InChI=1S/C15H12N2OS/c1-9-6-10(8-19-9)15(18)14-7-12(16)11-4-2-3-5-13(11)17-14/h2-8H,1H3,(H2,16,17). The van der Waals surface area contributed by atoms with Crippen LogP contribution in [-0.4, -0.2) is 10.8 Å². The van der Waals surface area contributed by atoms with Gasteiger partial charge in [-0.1, -0.05) is 18.2 Å². The zero-order valence-electron chi connectivity index (χ0n) is 10.4. The van der Waals surface area contributed by atoms with Gasteiger partial charge in [0.1, 0.15) is 5.69 Å². The van der Waals surface area contributed by atoms with Crippen LogP contribution in [0.25, 0.3) is 10.9 Å². The van der Waals surface area contributed by atoms with E-state index in [1.807, 2.05) is 42.6 Å². The third kappa shape index (κ3) is 2.11. The van der Waals surface area contributed by atoms with Crippen LogP contribution in [-0.2, 0) is 0 Å². The molecule has 0 bridgehead atoms. The monoisotopic (exact) mass is 268 g/mol. The summed E-state index contributed by atoms with van der Waals surface area (Å²) < 4.78 is 0. The minimum atomic E-state index is -0.0817. The zero-order valence-corrected chi connectivity index (χ0v) is 11.2. The van der Waals surface area contributed by atoms with Gasteiger partial charge in [0.2, 0.25) is 5.78 Å². The Hall–Kier alpha value is -2.20. The highest BCUT2D eigenvalue weighted by Gasteiger charge is 2.14. The Morgan fingerprint density at radius 2 is 2.05 bits per heavy atom. The number of benzene rings is 1. The number of nitrogens with two attached hydrogens (primary N) is 1.